The van der Waals surface area contributed by atoms with Crippen LogP contribution in [-0.4, -0.2) is 6.04 Å². The fraction of sp³-hybridized carbons (Fsp3) is 0.750. The average molecular weight is 245 g/mol. The van der Waals surface area contributed by atoms with E-state index < -0.39 is 0 Å². The van der Waals surface area contributed by atoms with Crippen molar-refractivity contribution in [1.29, 1.82) is 0 Å². The highest BCUT2D eigenvalue weighted by molar-refractivity contribution is 5.08. The molecule has 0 amide bonds. The summed E-state index contributed by atoms with van der Waals surface area (Å²) in [6, 6.07) is 5.18. The Balaban J connectivity index is 1.45. The second kappa shape index (κ2) is 4.12. The van der Waals surface area contributed by atoms with E-state index in [1.807, 2.05) is 6.07 Å². The van der Waals surface area contributed by atoms with E-state index in [-0.39, 0.29) is 0 Å². The maximum Gasteiger partial charge on any atom is 0.120 e. The molecule has 0 saturated heterocycles. The molecule has 6 unspecified atom stereocenters. The summed E-state index contributed by atoms with van der Waals surface area (Å²) in [4.78, 5) is 0. The smallest absolute Gasteiger partial charge is 0.120 e. The second-order valence-electron chi connectivity index (χ2n) is 6.66. The van der Waals surface area contributed by atoms with Crippen LogP contribution in [0.1, 0.15) is 50.8 Å². The summed E-state index contributed by atoms with van der Waals surface area (Å²) in [7, 11) is 0. The summed E-state index contributed by atoms with van der Waals surface area (Å²) >= 11 is 0. The Bertz CT molecular complexity index is 413. The predicted molar refractivity (Wildman–Crippen MR) is 71.1 cm³/mol. The third-order valence-corrected chi connectivity index (χ3v) is 5.86. The van der Waals surface area contributed by atoms with Gasteiger partial charge in [0.2, 0.25) is 0 Å². The Labute approximate surface area is 109 Å². The van der Waals surface area contributed by atoms with Crippen molar-refractivity contribution in [3.05, 3.63) is 24.2 Å². The van der Waals surface area contributed by atoms with Gasteiger partial charge in [-0.15, -0.1) is 0 Å². The SMILES string of the molecule is CC(NC1CC2CC1C1CCCC21)c1ccco1. The van der Waals surface area contributed by atoms with Crippen molar-refractivity contribution in [3.63, 3.8) is 0 Å². The van der Waals surface area contributed by atoms with Gasteiger partial charge in [-0.2, -0.15) is 0 Å². The average Bonchev–Trinajstić information content (AvgIpc) is 3.11. The van der Waals surface area contributed by atoms with Gasteiger partial charge in [-0.3, -0.25) is 0 Å². The Morgan fingerprint density at radius 2 is 2.11 bits per heavy atom. The van der Waals surface area contributed by atoms with Crippen molar-refractivity contribution >= 4 is 0 Å². The zero-order valence-corrected chi connectivity index (χ0v) is 11.1. The van der Waals surface area contributed by atoms with Crippen molar-refractivity contribution in [2.24, 2.45) is 23.7 Å². The van der Waals surface area contributed by atoms with Crippen LogP contribution in [0.15, 0.2) is 22.8 Å². The quantitative estimate of drug-likeness (QED) is 0.877. The van der Waals surface area contributed by atoms with Crippen LogP contribution in [0, 0.1) is 23.7 Å². The fourth-order valence-electron chi connectivity index (χ4n) is 5.20. The first-order valence-electron chi connectivity index (χ1n) is 7.62. The molecule has 0 radical (unpaired) electrons. The summed E-state index contributed by atoms with van der Waals surface area (Å²) in [5.74, 6) is 5.21. The molecular weight excluding hydrogens is 222 g/mol. The van der Waals surface area contributed by atoms with Gasteiger partial charge in [-0.05, 0) is 68.4 Å². The summed E-state index contributed by atoms with van der Waals surface area (Å²) in [5.41, 5.74) is 0. The van der Waals surface area contributed by atoms with E-state index in [0.29, 0.717) is 6.04 Å². The van der Waals surface area contributed by atoms with Crippen LogP contribution in [-0.2, 0) is 0 Å². The molecule has 2 nitrogen and oxygen atoms in total. The van der Waals surface area contributed by atoms with E-state index >= 15 is 0 Å². The molecule has 1 aromatic rings. The van der Waals surface area contributed by atoms with Gasteiger partial charge in [-0.25, -0.2) is 0 Å². The zero-order valence-electron chi connectivity index (χ0n) is 11.1. The minimum absolute atomic E-state index is 0.365. The molecule has 18 heavy (non-hydrogen) atoms. The van der Waals surface area contributed by atoms with E-state index in [9.17, 15) is 0 Å². The minimum Gasteiger partial charge on any atom is -0.468 e. The van der Waals surface area contributed by atoms with Crippen LogP contribution in [0.25, 0.3) is 0 Å². The summed E-state index contributed by atoms with van der Waals surface area (Å²) in [6.45, 7) is 2.23. The largest absolute Gasteiger partial charge is 0.468 e. The highest BCUT2D eigenvalue weighted by atomic mass is 16.3. The Hall–Kier alpha value is -0.760. The topological polar surface area (TPSA) is 25.2 Å². The molecule has 3 fully saturated rings. The minimum atomic E-state index is 0.365. The van der Waals surface area contributed by atoms with Crippen molar-refractivity contribution < 1.29 is 4.42 Å². The summed E-state index contributed by atoms with van der Waals surface area (Å²) < 4.78 is 5.51. The Morgan fingerprint density at radius 1 is 1.22 bits per heavy atom. The maximum atomic E-state index is 5.51. The van der Waals surface area contributed by atoms with Gasteiger partial charge in [0, 0.05) is 6.04 Å². The van der Waals surface area contributed by atoms with Gasteiger partial charge in [0.25, 0.3) is 0 Å². The zero-order chi connectivity index (χ0) is 12.1. The van der Waals surface area contributed by atoms with Gasteiger partial charge >= 0.3 is 0 Å². The summed E-state index contributed by atoms with van der Waals surface area (Å²) in [5, 5.41) is 3.83. The van der Waals surface area contributed by atoms with Gasteiger partial charge in [0.05, 0.1) is 12.3 Å². The molecule has 3 aliphatic rings. The molecule has 1 aromatic heterocycles. The Morgan fingerprint density at radius 3 is 2.94 bits per heavy atom. The maximum absolute atomic E-state index is 5.51. The van der Waals surface area contributed by atoms with E-state index in [0.717, 1.165) is 35.5 Å². The number of hydrogen-bond acceptors (Lipinski definition) is 2. The Kier molecular flexibility index (Phi) is 2.54. The van der Waals surface area contributed by atoms with E-state index in [4.69, 9.17) is 4.42 Å². The number of hydrogen-bond donors (Lipinski definition) is 1. The van der Waals surface area contributed by atoms with Crippen molar-refractivity contribution in [3.8, 4) is 0 Å². The van der Waals surface area contributed by atoms with Gasteiger partial charge in [0.1, 0.15) is 5.76 Å². The first-order valence-corrected chi connectivity index (χ1v) is 7.62. The number of fused-ring (bicyclic) bond motifs is 5. The number of rotatable bonds is 3. The lowest BCUT2D eigenvalue weighted by atomic mass is 9.79. The predicted octanol–water partition coefficient (Wildman–Crippen LogP) is 3.75. The molecule has 6 atom stereocenters. The number of furan rings is 1. The third-order valence-electron chi connectivity index (χ3n) is 5.86. The highest BCUT2D eigenvalue weighted by Crippen LogP contribution is 2.58. The molecule has 2 heteroatoms. The van der Waals surface area contributed by atoms with Crippen LogP contribution in [0.2, 0.25) is 0 Å². The van der Waals surface area contributed by atoms with Gasteiger partial charge < -0.3 is 9.73 Å². The fourth-order valence-corrected chi connectivity index (χ4v) is 5.20. The lowest BCUT2D eigenvalue weighted by Crippen LogP contribution is -2.40. The molecule has 1 heterocycles. The summed E-state index contributed by atoms with van der Waals surface area (Å²) in [6.07, 6.45) is 9.20. The molecule has 0 spiro atoms. The van der Waals surface area contributed by atoms with E-state index in [1.165, 1.54) is 32.1 Å². The van der Waals surface area contributed by atoms with Crippen LogP contribution in [0.5, 0.6) is 0 Å². The van der Waals surface area contributed by atoms with Crippen LogP contribution in [0.3, 0.4) is 0 Å². The molecule has 1 N–H and O–H groups in total. The second-order valence-corrected chi connectivity index (χ2v) is 6.66. The molecule has 98 valence electrons. The van der Waals surface area contributed by atoms with Crippen LogP contribution in [0.4, 0.5) is 0 Å². The lowest BCUT2D eigenvalue weighted by Gasteiger charge is -2.33. The molecule has 3 aliphatic carbocycles. The molecular formula is C16H23NO. The third kappa shape index (κ3) is 1.58. The lowest BCUT2D eigenvalue weighted by molar-refractivity contribution is 0.196. The normalized spacial score (nSPS) is 43.3. The van der Waals surface area contributed by atoms with E-state index in [2.05, 4.69) is 18.3 Å². The molecule has 0 aromatic carbocycles. The van der Waals surface area contributed by atoms with Crippen LogP contribution >= 0.6 is 0 Å². The van der Waals surface area contributed by atoms with Crippen LogP contribution < -0.4 is 5.32 Å². The monoisotopic (exact) mass is 245 g/mol. The number of nitrogens with one attached hydrogen (secondary N) is 1. The van der Waals surface area contributed by atoms with Crippen molar-refractivity contribution in [2.45, 2.75) is 51.1 Å². The molecule has 3 saturated carbocycles. The highest BCUT2D eigenvalue weighted by Gasteiger charge is 2.53. The van der Waals surface area contributed by atoms with Crippen molar-refractivity contribution in [1.82, 2.24) is 5.32 Å². The van der Waals surface area contributed by atoms with Gasteiger partial charge in [-0.1, -0.05) is 6.42 Å². The van der Waals surface area contributed by atoms with Crippen molar-refractivity contribution in [2.75, 3.05) is 0 Å². The first kappa shape index (κ1) is 11.1. The first-order chi connectivity index (χ1) is 8.83. The molecule has 4 rings (SSSR count). The van der Waals surface area contributed by atoms with Gasteiger partial charge in [0.15, 0.2) is 0 Å². The molecule has 0 aliphatic heterocycles. The molecule has 2 bridgehead atoms. The van der Waals surface area contributed by atoms with E-state index in [1.54, 1.807) is 6.26 Å². The standard InChI is InChI=1S/C16H23NO/c1-10(16-6-3-7-18-16)17-15-9-11-8-14(15)13-5-2-4-12(11)13/h3,6-7,10-15,17H,2,4-5,8-9H2,1H3.